The number of furan rings is 1. The zero-order chi connectivity index (χ0) is 21.8. The minimum Gasteiger partial charge on any atom is -0.467 e. The van der Waals surface area contributed by atoms with Gasteiger partial charge in [0.1, 0.15) is 22.7 Å². The summed E-state index contributed by atoms with van der Waals surface area (Å²) in [6, 6.07) is 5.93. The smallest absolute Gasteiger partial charge is 0.230 e. The van der Waals surface area contributed by atoms with Crippen LogP contribution in [0.15, 0.2) is 27.8 Å². The van der Waals surface area contributed by atoms with Crippen molar-refractivity contribution in [2.75, 3.05) is 37.0 Å². The molecular weight excluding hydrogens is 416 g/mol. The first-order valence-electron chi connectivity index (χ1n) is 10.3. The fourth-order valence-corrected chi connectivity index (χ4v) is 4.60. The van der Waals surface area contributed by atoms with E-state index in [2.05, 4.69) is 16.3 Å². The van der Waals surface area contributed by atoms with E-state index in [4.69, 9.17) is 18.9 Å². The Hall–Kier alpha value is -2.54. The van der Waals surface area contributed by atoms with Crippen LogP contribution in [0.4, 0.5) is 5.82 Å². The predicted molar refractivity (Wildman–Crippen MR) is 116 cm³/mol. The molecule has 0 bridgehead atoms. The molecule has 0 aliphatic carbocycles. The van der Waals surface area contributed by atoms with Gasteiger partial charge in [0.05, 0.1) is 49.5 Å². The molecule has 0 unspecified atom stereocenters. The van der Waals surface area contributed by atoms with Crippen molar-refractivity contribution in [1.29, 1.82) is 5.26 Å². The molecule has 0 atom stereocenters. The fraction of sp³-hybridized carbons (Fsp3) is 0.500. The van der Waals surface area contributed by atoms with E-state index in [1.54, 1.807) is 12.3 Å². The van der Waals surface area contributed by atoms with Gasteiger partial charge in [-0.25, -0.2) is 4.98 Å². The minimum absolute atomic E-state index is 0.138. The van der Waals surface area contributed by atoms with Gasteiger partial charge in [-0.3, -0.25) is 4.79 Å². The Morgan fingerprint density at radius 3 is 2.87 bits per heavy atom. The quantitative estimate of drug-likeness (QED) is 0.682. The highest BCUT2D eigenvalue weighted by Crippen LogP contribution is 2.38. The number of thioether (sulfide) groups is 1. The molecule has 9 heteroatoms. The number of nitrogens with zero attached hydrogens (tertiary/aromatic N) is 3. The Balaban J connectivity index is 1.58. The van der Waals surface area contributed by atoms with Crippen LogP contribution in [0.1, 0.15) is 36.3 Å². The molecule has 8 nitrogen and oxygen atoms in total. The Bertz CT molecular complexity index is 978. The van der Waals surface area contributed by atoms with Gasteiger partial charge < -0.3 is 24.1 Å². The number of fused-ring (bicyclic) bond motifs is 1. The third kappa shape index (κ3) is 5.03. The number of carbonyl (C=O) groups is 1. The molecule has 0 aromatic carbocycles. The van der Waals surface area contributed by atoms with Gasteiger partial charge in [0, 0.05) is 25.1 Å². The Morgan fingerprint density at radius 2 is 2.16 bits per heavy atom. The number of morpholine rings is 1. The number of aromatic nitrogens is 1. The lowest BCUT2D eigenvalue weighted by Gasteiger charge is -2.36. The highest BCUT2D eigenvalue weighted by atomic mass is 32.2. The molecule has 2 aliphatic heterocycles. The molecule has 1 amide bonds. The van der Waals surface area contributed by atoms with Crippen LogP contribution in [0.2, 0.25) is 0 Å². The summed E-state index contributed by atoms with van der Waals surface area (Å²) in [6.07, 6.45) is 2.20. The van der Waals surface area contributed by atoms with Gasteiger partial charge in [0.15, 0.2) is 0 Å². The molecule has 164 valence electrons. The largest absolute Gasteiger partial charge is 0.467 e. The van der Waals surface area contributed by atoms with Gasteiger partial charge >= 0.3 is 0 Å². The van der Waals surface area contributed by atoms with E-state index >= 15 is 0 Å². The number of hydrogen-bond donors (Lipinski definition) is 1. The van der Waals surface area contributed by atoms with Gasteiger partial charge in [-0.15, -0.1) is 0 Å². The van der Waals surface area contributed by atoms with Crippen LogP contribution in [0.3, 0.4) is 0 Å². The van der Waals surface area contributed by atoms with Gasteiger partial charge in [-0.1, -0.05) is 11.8 Å². The van der Waals surface area contributed by atoms with Gasteiger partial charge in [-0.05, 0) is 31.5 Å². The third-order valence-corrected chi connectivity index (χ3v) is 6.34. The maximum atomic E-state index is 12.4. The lowest BCUT2D eigenvalue weighted by Crippen LogP contribution is -2.39. The SMILES string of the molecule is CC1(C)Cc2c(C#N)c(SCC(=O)NCc3ccco3)nc(N3CCOCC3)c2CO1. The molecule has 31 heavy (non-hydrogen) atoms. The summed E-state index contributed by atoms with van der Waals surface area (Å²) in [5.74, 6) is 1.57. The van der Waals surface area contributed by atoms with E-state index in [0.29, 0.717) is 49.1 Å². The van der Waals surface area contributed by atoms with Crippen molar-refractivity contribution in [3.63, 3.8) is 0 Å². The van der Waals surface area contributed by atoms with Gasteiger partial charge in [0.2, 0.25) is 5.91 Å². The maximum Gasteiger partial charge on any atom is 0.230 e. The van der Waals surface area contributed by atoms with Crippen molar-refractivity contribution in [2.24, 2.45) is 0 Å². The van der Waals surface area contributed by atoms with Crippen molar-refractivity contribution in [3.8, 4) is 6.07 Å². The van der Waals surface area contributed by atoms with Gasteiger partial charge in [-0.2, -0.15) is 5.26 Å². The summed E-state index contributed by atoms with van der Waals surface area (Å²) in [6.45, 7) is 7.57. The number of pyridine rings is 1. The average Bonchev–Trinajstić information content (AvgIpc) is 3.29. The summed E-state index contributed by atoms with van der Waals surface area (Å²) in [4.78, 5) is 19.4. The van der Waals surface area contributed by atoms with Gasteiger partial charge in [0.25, 0.3) is 0 Å². The van der Waals surface area contributed by atoms with E-state index in [1.807, 2.05) is 19.9 Å². The number of nitriles is 1. The molecule has 0 saturated carbocycles. The maximum absolute atomic E-state index is 12.4. The summed E-state index contributed by atoms with van der Waals surface area (Å²) in [5.41, 5.74) is 2.15. The van der Waals surface area contributed by atoms with Crippen molar-refractivity contribution >= 4 is 23.5 Å². The highest BCUT2D eigenvalue weighted by molar-refractivity contribution is 8.00. The molecule has 0 radical (unpaired) electrons. The Kier molecular flexibility index (Phi) is 6.51. The van der Waals surface area contributed by atoms with Crippen LogP contribution in [0.25, 0.3) is 0 Å². The van der Waals surface area contributed by atoms with Crippen LogP contribution in [0.5, 0.6) is 0 Å². The van der Waals surface area contributed by atoms with Crippen LogP contribution in [-0.4, -0.2) is 48.5 Å². The molecule has 1 fully saturated rings. The second-order valence-electron chi connectivity index (χ2n) is 8.15. The van der Waals surface area contributed by atoms with Crippen LogP contribution < -0.4 is 10.2 Å². The van der Waals surface area contributed by atoms with Crippen LogP contribution >= 0.6 is 11.8 Å². The third-order valence-electron chi connectivity index (χ3n) is 5.37. The molecule has 1 saturated heterocycles. The summed E-state index contributed by atoms with van der Waals surface area (Å²) >= 11 is 1.29. The lowest BCUT2D eigenvalue weighted by atomic mass is 9.89. The number of anilines is 1. The molecule has 0 spiro atoms. The first kappa shape index (κ1) is 21.7. The molecule has 2 aliphatic rings. The van der Waals surface area contributed by atoms with Crippen molar-refractivity contribution < 1.29 is 18.7 Å². The zero-order valence-electron chi connectivity index (χ0n) is 17.8. The standard InChI is InChI=1S/C22H26N4O4S/c1-22(2)10-16-17(11-23)21(31-14-19(27)24-12-15-4-3-7-29-15)25-20(18(16)13-30-22)26-5-8-28-9-6-26/h3-4,7H,5-6,8-10,12-14H2,1-2H3,(H,24,27). The van der Waals surface area contributed by atoms with E-state index in [-0.39, 0.29) is 17.3 Å². The number of carbonyl (C=O) groups excluding carboxylic acids is 1. The second-order valence-corrected chi connectivity index (χ2v) is 9.12. The van der Waals surface area contributed by atoms with E-state index in [1.165, 1.54) is 11.8 Å². The summed E-state index contributed by atoms with van der Waals surface area (Å²) in [5, 5.41) is 13.4. The minimum atomic E-state index is -0.357. The molecule has 1 N–H and O–H groups in total. The van der Waals surface area contributed by atoms with E-state index in [9.17, 15) is 10.1 Å². The Labute approximate surface area is 185 Å². The lowest BCUT2D eigenvalue weighted by molar-refractivity contribution is -0.118. The molecule has 4 rings (SSSR count). The molecular formula is C22H26N4O4S. The second kappa shape index (κ2) is 9.30. The number of rotatable bonds is 6. The predicted octanol–water partition coefficient (Wildman–Crippen LogP) is 2.64. The fourth-order valence-electron chi connectivity index (χ4n) is 3.77. The number of amides is 1. The average molecular weight is 443 g/mol. The number of hydrogen-bond acceptors (Lipinski definition) is 8. The Morgan fingerprint density at radius 1 is 1.35 bits per heavy atom. The monoisotopic (exact) mass is 442 g/mol. The molecule has 4 heterocycles. The topological polar surface area (TPSA) is 101 Å². The van der Waals surface area contributed by atoms with Crippen LogP contribution in [0, 0.1) is 11.3 Å². The van der Waals surface area contributed by atoms with Crippen molar-refractivity contribution in [2.45, 2.75) is 44.0 Å². The highest BCUT2D eigenvalue weighted by Gasteiger charge is 2.33. The normalized spacial score (nSPS) is 17.6. The van der Waals surface area contributed by atoms with Crippen molar-refractivity contribution in [3.05, 3.63) is 40.8 Å². The first-order chi connectivity index (χ1) is 15.0. The zero-order valence-corrected chi connectivity index (χ0v) is 18.6. The van der Waals surface area contributed by atoms with Crippen LogP contribution in [-0.2, 0) is 33.8 Å². The molecule has 2 aromatic rings. The van der Waals surface area contributed by atoms with Crippen molar-refractivity contribution in [1.82, 2.24) is 10.3 Å². The summed E-state index contributed by atoms with van der Waals surface area (Å²) < 4.78 is 16.8. The first-order valence-corrected chi connectivity index (χ1v) is 11.3. The molecule has 2 aromatic heterocycles. The van der Waals surface area contributed by atoms with E-state index in [0.717, 1.165) is 30.0 Å². The number of ether oxygens (including phenoxy) is 2. The van der Waals surface area contributed by atoms with E-state index < -0.39 is 0 Å². The number of nitrogens with one attached hydrogen (secondary N) is 1. The summed E-state index contributed by atoms with van der Waals surface area (Å²) in [7, 11) is 0.